The fourth-order valence-corrected chi connectivity index (χ4v) is 2.68. The number of hydrogen-bond donors (Lipinski definition) is 1. The fraction of sp³-hybridized carbons (Fsp3) is 0.556. The van der Waals surface area contributed by atoms with Crippen molar-refractivity contribution in [2.45, 2.75) is 58.4 Å². The van der Waals surface area contributed by atoms with Gasteiger partial charge in [-0.2, -0.15) is 0 Å². The van der Waals surface area contributed by atoms with Gasteiger partial charge in [-0.3, -0.25) is 9.97 Å². The minimum Gasteiger partial charge on any atom is -0.310 e. The SMILES string of the molecule is CCCCCCC(NCCC)c1ccc2nccnc2c1. The van der Waals surface area contributed by atoms with E-state index < -0.39 is 0 Å². The van der Waals surface area contributed by atoms with Gasteiger partial charge in [0, 0.05) is 18.4 Å². The number of nitrogens with one attached hydrogen (secondary N) is 1. The molecule has 0 fully saturated rings. The van der Waals surface area contributed by atoms with Crippen LogP contribution < -0.4 is 5.32 Å². The first-order chi connectivity index (χ1) is 10.3. The van der Waals surface area contributed by atoms with Crippen molar-refractivity contribution in [3.8, 4) is 0 Å². The average molecular weight is 285 g/mol. The Hall–Kier alpha value is -1.48. The topological polar surface area (TPSA) is 37.8 Å². The van der Waals surface area contributed by atoms with E-state index in [1.165, 1.54) is 44.1 Å². The van der Waals surface area contributed by atoms with Gasteiger partial charge in [0.1, 0.15) is 0 Å². The van der Waals surface area contributed by atoms with E-state index in [0.29, 0.717) is 6.04 Å². The van der Waals surface area contributed by atoms with E-state index in [2.05, 4.69) is 47.3 Å². The molecule has 1 atom stereocenters. The molecule has 3 nitrogen and oxygen atoms in total. The third-order valence-electron chi connectivity index (χ3n) is 3.88. The second-order valence-electron chi connectivity index (χ2n) is 5.66. The Bertz CT molecular complexity index is 539. The maximum atomic E-state index is 4.42. The van der Waals surface area contributed by atoms with Crippen molar-refractivity contribution in [3.05, 3.63) is 36.2 Å². The molecule has 2 rings (SSSR count). The van der Waals surface area contributed by atoms with Gasteiger partial charge in [-0.15, -0.1) is 0 Å². The molecule has 0 bridgehead atoms. The summed E-state index contributed by atoms with van der Waals surface area (Å²) in [5.74, 6) is 0. The van der Waals surface area contributed by atoms with E-state index in [9.17, 15) is 0 Å². The van der Waals surface area contributed by atoms with Gasteiger partial charge in [0.25, 0.3) is 0 Å². The van der Waals surface area contributed by atoms with Crippen LogP contribution in [0.2, 0.25) is 0 Å². The zero-order chi connectivity index (χ0) is 14.9. The molecule has 0 amide bonds. The van der Waals surface area contributed by atoms with Crippen LogP contribution in [0.4, 0.5) is 0 Å². The van der Waals surface area contributed by atoms with E-state index in [1.807, 2.05) is 0 Å². The third-order valence-corrected chi connectivity index (χ3v) is 3.88. The Kier molecular flexibility index (Phi) is 6.61. The number of aromatic nitrogens is 2. The molecule has 3 heteroatoms. The van der Waals surface area contributed by atoms with Crippen molar-refractivity contribution in [1.82, 2.24) is 15.3 Å². The molecule has 0 aliphatic heterocycles. The van der Waals surface area contributed by atoms with Gasteiger partial charge < -0.3 is 5.32 Å². The smallest absolute Gasteiger partial charge is 0.0890 e. The molecule has 1 aromatic heterocycles. The van der Waals surface area contributed by atoms with Crippen LogP contribution in [0.3, 0.4) is 0 Å². The highest BCUT2D eigenvalue weighted by atomic mass is 14.9. The molecule has 1 unspecified atom stereocenters. The average Bonchev–Trinajstić information content (AvgIpc) is 2.54. The summed E-state index contributed by atoms with van der Waals surface area (Å²) in [5, 5.41) is 3.68. The van der Waals surface area contributed by atoms with Crippen molar-refractivity contribution in [2.24, 2.45) is 0 Å². The number of fused-ring (bicyclic) bond motifs is 1. The van der Waals surface area contributed by atoms with Crippen LogP contribution in [0.15, 0.2) is 30.6 Å². The Morgan fingerprint density at radius 1 is 0.952 bits per heavy atom. The summed E-state index contributed by atoms with van der Waals surface area (Å²) in [6.45, 7) is 5.54. The Balaban J connectivity index is 2.08. The Labute approximate surface area is 128 Å². The van der Waals surface area contributed by atoms with Crippen molar-refractivity contribution in [1.29, 1.82) is 0 Å². The molecule has 1 N–H and O–H groups in total. The largest absolute Gasteiger partial charge is 0.310 e. The molecule has 0 spiro atoms. The van der Waals surface area contributed by atoms with E-state index in [-0.39, 0.29) is 0 Å². The van der Waals surface area contributed by atoms with Crippen molar-refractivity contribution in [2.75, 3.05) is 6.54 Å². The summed E-state index contributed by atoms with van der Waals surface area (Å²) in [6, 6.07) is 6.91. The molecule has 0 aliphatic rings. The maximum absolute atomic E-state index is 4.42. The van der Waals surface area contributed by atoms with Gasteiger partial charge in [0.05, 0.1) is 11.0 Å². The molecule has 1 heterocycles. The first kappa shape index (κ1) is 15.9. The molecular formula is C18H27N3. The molecule has 0 saturated carbocycles. The zero-order valence-electron chi connectivity index (χ0n) is 13.3. The second kappa shape index (κ2) is 8.73. The van der Waals surface area contributed by atoms with E-state index in [1.54, 1.807) is 12.4 Å². The monoisotopic (exact) mass is 285 g/mol. The predicted molar refractivity (Wildman–Crippen MR) is 89.3 cm³/mol. The quantitative estimate of drug-likeness (QED) is 0.682. The summed E-state index contributed by atoms with van der Waals surface area (Å²) < 4.78 is 0. The second-order valence-corrected chi connectivity index (χ2v) is 5.66. The lowest BCUT2D eigenvalue weighted by atomic mass is 9.99. The van der Waals surface area contributed by atoms with Crippen LogP contribution in [0, 0.1) is 0 Å². The van der Waals surface area contributed by atoms with Crippen LogP contribution in [0.5, 0.6) is 0 Å². The maximum Gasteiger partial charge on any atom is 0.0890 e. The molecule has 114 valence electrons. The van der Waals surface area contributed by atoms with Gasteiger partial charge in [-0.25, -0.2) is 0 Å². The highest BCUT2D eigenvalue weighted by Crippen LogP contribution is 2.23. The van der Waals surface area contributed by atoms with Gasteiger partial charge >= 0.3 is 0 Å². The summed E-state index contributed by atoms with van der Waals surface area (Å²) in [5.41, 5.74) is 3.31. The third kappa shape index (κ3) is 4.78. The molecule has 2 aromatic rings. The van der Waals surface area contributed by atoms with Crippen molar-refractivity contribution in [3.63, 3.8) is 0 Å². The van der Waals surface area contributed by atoms with E-state index in [0.717, 1.165) is 17.6 Å². The summed E-state index contributed by atoms with van der Waals surface area (Å²) in [6.07, 6.45) is 11.1. The van der Waals surface area contributed by atoms with Gasteiger partial charge in [-0.05, 0) is 37.1 Å². The molecule has 0 saturated heterocycles. The predicted octanol–water partition coefficient (Wildman–Crippen LogP) is 4.64. The normalized spacial score (nSPS) is 12.7. The molecule has 1 aromatic carbocycles. The highest BCUT2D eigenvalue weighted by Gasteiger charge is 2.11. The van der Waals surface area contributed by atoms with Crippen LogP contribution in [-0.2, 0) is 0 Å². The summed E-state index contributed by atoms with van der Waals surface area (Å²) >= 11 is 0. The van der Waals surface area contributed by atoms with Crippen LogP contribution in [0.25, 0.3) is 11.0 Å². The number of hydrogen-bond acceptors (Lipinski definition) is 3. The molecular weight excluding hydrogens is 258 g/mol. The van der Waals surface area contributed by atoms with Gasteiger partial charge in [0.15, 0.2) is 0 Å². The number of benzene rings is 1. The Morgan fingerprint density at radius 3 is 2.52 bits per heavy atom. The molecule has 21 heavy (non-hydrogen) atoms. The standard InChI is InChI=1S/C18H27N3/c1-3-5-6-7-8-16(19-11-4-2)15-9-10-17-18(14-15)21-13-12-20-17/h9-10,12-14,16,19H,3-8,11H2,1-2H3. The van der Waals surface area contributed by atoms with Crippen LogP contribution >= 0.6 is 0 Å². The zero-order valence-corrected chi connectivity index (χ0v) is 13.3. The van der Waals surface area contributed by atoms with Crippen molar-refractivity contribution >= 4 is 11.0 Å². The molecule has 0 radical (unpaired) electrons. The lowest BCUT2D eigenvalue weighted by molar-refractivity contribution is 0.471. The minimum atomic E-state index is 0.438. The highest BCUT2D eigenvalue weighted by molar-refractivity contribution is 5.74. The van der Waals surface area contributed by atoms with E-state index >= 15 is 0 Å². The van der Waals surface area contributed by atoms with Gasteiger partial charge in [-0.1, -0.05) is 45.6 Å². The lowest BCUT2D eigenvalue weighted by Gasteiger charge is -2.19. The Morgan fingerprint density at radius 2 is 1.76 bits per heavy atom. The van der Waals surface area contributed by atoms with E-state index in [4.69, 9.17) is 0 Å². The van der Waals surface area contributed by atoms with Gasteiger partial charge in [0.2, 0.25) is 0 Å². The number of nitrogens with zero attached hydrogens (tertiary/aromatic N) is 2. The van der Waals surface area contributed by atoms with Crippen LogP contribution in [0.1, 0.15) is 64.0 Å². The lowest BCUT2D eigenvalue weighted by Crippen LogP contribution is -2.22. The minimum absolute atomic E-state index is 0.438. The number of unbranched alkanes of at least 4 members (excludes halogenated alkanes) is 3. The number of rotatable bonds is 9. The first-order valence-corrected chi connectivity index (χ1v) is 8.29. The summed E-state index contributed by atoms with van der Waals surface area (Å²) in [4.78, 5) is 8.77. The summed E-state index contributed by atoms with van der Waals surface area (Å²) in [7, 11) is 0. The van der Waals surface area contributed by atoms with Crippen molar-refractivity contribution < 1.29 is 0 Å². The fourth-order valence-electron chi connectivity index (χ4n) is 2.68. The first-order valence-electron chi connectivity index (χ1n) is 8.29. The molecule has 0 aliphatic carbocycles. The van der Waals surface area contributed by atoms with Crippen LogP contribution in [-0.4, -0.2) is 16.5 Å².